The Hall–Kier alpha value is -3.12. The van der Waals surface area contributed by atoms with E-state index in [1.807, 2.05) is 49.5 Å². The van der Waals surface area contributed by atoms with Crippen molar-refractivity contribution >= 4 is 12.0 Å². The highest BCUT2D eigenvalue weighted by Gasteiger charge is 2.34. The molecule has 158 valence electrons. The van der Waals surface area contributed by atoms with Crippen LogP contribution >= 0.6 is 0 Å². The third-order valence-electron chi connectivity index (χ3n) is 5.09. The molecule has 0 aliphatic carbocycles. The van der Waals surface area contributed by atoms with Gasteiger partial charge in [-0.3, -0.25) is 4.90 Å². The molecule has 30 heavy (non-hydrogen) atoms. The number of ether oxygens (including phenoxy) is 1. The van der Waals surface area contributed by atoms with Gasteiger partial charge in [-0.05, 0) is 37.1 Å². The first-order chi connectivity index (χ1) is 14.5. The van der Waals surface area contributed by atoms with Crippen LogP contribution in [0.3, 0.4) is 0 Å². The number of aryl methyl sites for hydroxylation is 1. The number of carbonyl (C=O) groups is 2. The fraction of sp³-hybridized carbons (Fsp3) is 0.333. The lowest BCUT2D eigenvalue weighted by atomic mass is 9.94. The number of hydrogen-bond acceptors (Lipinski definition) is 4. The van der Waals surface area contributed by atoms with Gasteiger partial charge in [-0.15, -0.1) is 0 Å². The summed E-state index contributed by atoms with van der Waals surface area (Å²) >= 11 is 0. The quantitative estimate of drug-likeness (QED) is 0.657. The molecule has 0 bridgehead atoms. The van der Waals surface area contributed by atoms with Crippen molar-refractivity contribution in [1.29, 1.82) is 0 Å². The maximum atomic E-state index is 12.9. The minimum absolute atomic E-state index is 0.269. The van der Waals surface area contributed by atoms with Gasteiger partial charge in [-0.25, -0.2) is 9.59 Å². The fourth-order valence-corrected chi connectivity index (χ4v) is 3.61. The van der Waals surface area contributed by atoms with Gasteiger partial charge in [0.05, 0.1) is 18.2 Å². The molecule has 0 aromatic heterocycles. The molecule has 2 amide bonds. The minimum Gasteiger partial charge on any atom is -0.463 e. The van der Waals surface area contributed by atoms with Gasteiger partial charge in [0.25, 0.3) is 0 Å². The zero-order chi connectivity index (χ0) is 21.5. The van der Waals surface area contributed by atoms with Crippen LogP contribution in [0.15, 0.2) is 65.9 Å². The molecule has 0 saturated carbocycles. The number of amides is 2. The summed E-state index contributed by atoms with van der Waals surface area (Å²) in [5.41, 5.74) is 4.22. The van der Waals surface area contributed by atoms with Crippen LogP contribution in [-0.2, 0) is 22.5 Å². The fourth-order valence-electron chi connectivity index (χ4n) is 3.61. The van der Waals surface area contributed by atoms with Gasteiger partial charge >= 0.3 is 12.0 Å². The van der Waals surface area contributed by atoms with Gasteiger partial charge in [0.1, 0.15) is 0 Å². The average Bonchev–Trinajstić information content (AvgIpc) is 2.74. The van der Waals surface area contributed by atoms with Crippen LogP contribution in [0.25, 0.3) is 0 Å². The number of carbonyl (C=O) groups excluding carboxylic acids is 2. The van der Waals surface area contributed by atoms with Crippen molar-refractivity contribution in [2.75, 3.05) is 20.2 Å². The minimum atomic E-state index is -0.552. The summed E-state index contributed by atoms with van der Waals surface area (Å²) in [6.45, 7) is 5.25. The summed E-state index contributed by atoms with van der Waals surface area (Å²) in [7, 11) is 1.96. The normalized spacial score (nSPS) is 16.3. The van der Waals surface area contributed by atoms with E-state index in [-0.39, 0.29) is 12.6 Å². The van der Waals surface area contributed by atoms with Gasteiger partial charge in [0.15, 0.2) is 0 Å². The highest BCUT2D eigenvalue weighted by atomic mass is 16.5. The number of benzene rings is 2. The predicted molar refractivity (Wildman–Crippen MR) is 117 cm³/mol. The SMILES string of the molecule is CCOC(=O)C1=C(CN(C)Cc2ccccc2)NC(=O)N[C@H]1c1ccc(CC)cc1. The lowest BCUT2D eigenvalue weighted by molar-refractivity contribution is -0.139. The molecule has 1 aliphatic rings. The molecule has 2 N–H and O–H groups in total. The summed E-state index contributed by atoms with van der Waals surface area (Å²) in [4.78, 5) is 27.4. The maximum Gasteiger partial charge on any atom is 0.338 e. The zero-order valence-electron chi connectivity index (χ0n) is 17.8. The van der Waals surface area contributed by atoms with Crippen LogP contribution in [0, 0.1) is 0 Å². The maximum absolute atomic E-state index is 12.9. The average molecular weight is 408 g/mol. The van der Waals surface area contributed by atoms with E-state index in [4.69, 9.17) is 4.74 Å². The molecular weight excluding hydrogens is 378 g/mol. The van der Waals surface area contributed by atoms with E-state index < -0.39 is 12.0 Å². The molecule has 1 heterocycles. The van der Waals surface area contributed by atoms with E-state index in [0.717, 1.165) is 17.5 Å². The van der Waals surface area contributed by atoms with Crippen molar-refractivity contribution in [3.05, 3.63) is 82.6 Å². The topological polar surface area (TPSA) is 70.7 Å². The van der Waals surface area contributed by atoms with E-state index >= 15 is 0 Å². The molecule has 6 heteroatoms. The van der Waals surface area contributed by atoms with Crippen LogP contribution < -0.4 is 10.6 Å². The first kappa shape index (κ1) is 21.6. The van der Waals surface area contributed by atoms with E-state index in [2.05, 4.69) is 34.6 Å². The number of hydrogen-bond donors (Lipinski definition) is 2. The van der Waals surface area contributed by atoms with Gasteiger partial charge in [-0.2, -0.15) is 0 Å². The van der Waals surface area contributed by atoms with Crippen LogP contribution in [0.5, 0.6) is 0 Å². The van der Waals surface area contributed by atoms with Crippen LogP contribution in [0.4, 0.5) is 4.79 Å². The first-order valence-electron chi connectivity index (χ1n) is 10.3. The Labute approximate surface area is 177 Å². The smallest absolute Gasteiger partial charge is 0.338 e. The third kappa shape index (κ3) is 5.27. The van der Waals surface area contributed by atoms with Crippen LogP contribution in [0.1, 0.15) is 36.6 Å². The highest BCUT2D eigenvalue weighted by molar-refractivity contribution is 5.95. The van der Waals surface area contributed by atoms with Crippen molar-refractivity contribution in [3.8, 4) is 0 Å². The number of esters is 1. The second kappa shape index (κ2) is 10.1. The Morgan fingerprint density at radius 1 is 1.00 bits per heavy atom. The summed E-state index contributed by atoms with van der Waals surface area (Å²) in [6, 6.07) is 17.2. The lowest BCUT2D eigenvalue weighted by Crippen LogP contribution is -2.48. The van der Waals surface area contributed by atoms with Gasteiger partial charge < -0.3 is 15.4 Å². The van der Waals surface area contributed by atoms with E-state index in [9.17, 15) is 9.59 Å². The molecule has 2 aromatic rings. The highest BCUT2D eigenvalue weighted by Crippen LogP contribution is 2.28. The Balaban J connectivity index is 1.92. The first-order valence-corrected chi connectivity index (χ1v) is 10.3. The van der Waals surface area contributed by atoms with Crippen molar-refractivity contribution in [2.24, 2.45) is 0 Å². The third-order valence-corrected chi connectivity index (χ3v) is 5.09. The van der Waals surface area contributed by atoms with Crippen molar-refractivity contribution in [2.45, 2.75) is 32.9 Å². The molecular formula is C24H29N3O3. The van der Waals surface area contributed by atoms with Crippen LogP contribution in [0.2, 0.25) is 0 Å². The number of nitrogens with zero attached hydrogens (tertiary/aromatic N) is 1. The van der Waals surface area contributed by atoms with Gasteiger partial charge in [0, 0.05) is 18.8 Å². The number of rotatable bonds is 8. The second-order valence-corrected chi connectivity index (χ2v) is 7.40. The largest absolute Gasteiger partial charge is 0.463 e. The van der Waals surface area contributed by atoms with Crippen LogP contribution in [-0.4, -0.2) is 37.1 Å². The molecule has 1 aliphatic heterocycles. The summed E-state index contributed by atoms with van der Waals surface area (Å²) < 4.78 is 5.34. The Morgan fingerprint density at radius 3 is 2.33 bits per heavy atom. The summed E-state index contributed by atoms with van der Waals surface area (Å²) in [5.74, 6) is -0.419. The van der Waals surface area contributed by atoms with E-state index in [0.29, 0.717) is 24.4 Å². The number of likely N-dealkylation sites (N-methyl/N-ethyl adjacent to an activating group) is 1. The molecule has 0 radical (unpaired) electrons. The zero-order valence-corrected chi connectivity index (χ0v) is 17.8. The second-order valence-electron chi connectivity index (χ2n) is 7.40. The van der Waals surface area contributed by atoms with E-state index in [1.54, 1.807) is 6.92 Å². The molecule has 0 spiro atoms. The Morgan fingerprint density at radius 2 is 1.70 bits per heavy atom. The van der Waals surface area contributed by atoms with Gasteiger partial charge in [0.2, 0.25) is 0 Å². The number of nitrogens with one attached hydrogen (secondary N) is 2. The molecule has 3 rings (SSSR count). The van der Waals surface area contributed by atoms with Gasteiger partial charge in [-0.1, -0.05) is 61.5 Å². The Bertz CT molecular complexity index is 907. The monoisotopic (exact) mass is 407 g/mol. The lowest BCUT2D eigenvalue weighted by Gasteiger charge is -2.31. The molecule has 1 atom stereocenters. The molecule has 6 nitrogen and oxygen atoms in total. The summed E-state index contributed by atoms with van der Waals surface area (Å²) in [6.07, 6.45) is 0.926. The van der Waals surface area contributed by atoms with Crippen molar-refractivity contribution < 1.29 is 14.3 Å². The Kier molecular flexibility index (Phi) is 7.25. The molecule has 0 fully saturated rings. The molecule has 0 saturated heterocycles. The van der Waals surface area contributed by atoms with E-state index in [1.165, 1.54) is 5.56 Å². The number of urea groups is 1. The predicted octanol–water partition coefficient (Wildman–Crippen LogP) is 3.55. The van der Waals surface area contributed by atoms with Crippen molar-refractivity contribution in [3.63, 3.8) is 0 Å². The molecule has 2 aromatic carbocycles. The standard InChI is InChI=1S/C24H29N3O3/c1-4-17-11-13-19(14-12-17)22-21(23(28)30-5-2)20(25-24(29)26-22)16-27(3)15-18-9-7-6-8-10-18/h6-14,22H,4-5,15-16H2,1-3H3,(H2,25,26,29)/t22-/m0/s1. The summed E-state index contributed by atoms with van der Waals surface area (Å²) in [5, 5.41) is 5.72. The molecule has 0 unspecified atom stereocenters. The van der Waals surface area contributed by atoms with Crippen molar-refractivity contribution in [1.82, 2.24) is 15.5 Å².